The van der Waals surface area contributed by atoms with E-state index in [1.54, 1.807) is 30.1 Å². The molecule has 1 fully saturated rings. The van der Waals surface area contributed by atoms with Gasteiger partial charge in [0.2, 0.25) is 5.91 Å². The van der Waals surface area contributed by atoms with Gasteiger partial charge in [-0.15, -0.1) is 0 Å². The molecule has 1 aliphatic heterocycles. The fourth-order valence-electron chi connectivity index (χ4n) is 3.46. The fourth-order valence-corrected chi connectivity index (χ4v) is 3.46. The number of nitrogens with one attached hydrogen (secondary N) is 2. The highest BCUT2D eigenvalue weighted by Gasteiger charge is 2.28. The van der Waals surface area contributed by atoms with Crippen LogP contribution in [0.1, 0.15) is 36.4 Å². The summed E-state index contributed by atoms with van der Waals surface area (Å²) in [5.41, 5.74) is 2.29. The highest BCUT2D eigenvalue weighted by molar-refractivity contribution is 5.90. The molecule has 2 N–H and O–H groups in total. The Kier molecular flexibility index (Phi) is 6.06. The minimum Gasteiger partial charge on any atom is -0.359 e. The first-order chi connectivity index (χ1) is 13.1. The van der Waals surface area contributed by atoms with Gasteiger partial charge in [0, 0.05) is 19.3 Å². The summed E-state index contributed by atoms with van der Waals surface area (Å²) >= 11 is 0. The Balaban J connectivity index is 1.74. The predicted molar refractivity (Wildman–Crippen MR) is 103 cm³/mol. The van der Waals surface area contributed by atoms with E-state index in [0.717, 1.165) is 30.4 Å². The molecule has 1 saturated heterocycles. The van der Waals surface area contributed by atoms with Gasteiger partial charge in [-0.1, -0.05) is 24.3 Å². The Morgan fingerprint density at radius 2 is 1.96 bits per heavy atom. The quantitative estimate of drug-likeness (QED) is 0.859. The number of urea groups is 1. The average molecular weight is 369 g/mol. The summed E-state index contributed by atoms with van der Waals surface area (Å²) in [5.74, 6) is -0.374. The van der Waals surface area contributed by atoms with Crippen LogP contribution in [0.5, 0.6) is 0 Å². The van der Waals surface area contributed by atoms with Crippen LogP contribution in [0.15, 0.2) is 48.5 Å². The predicted octanol–water partition coefficient (Wildman–Crippen LogP) is 3.87. The van der Waals surface area contributed by atoms with E-state index in [0.29, 0.717) is 12.2 Å². The number of likely N-dealkylation sites (tertiary alicyclic amines) is 1. The summed E-state index contributed by atoms with van der Waals surface area (Å²) in [6.45, 7) is 0.630. The molecule has 6 heteroatoms. The maximum Gasteiger partial charge on any atom is 0.322 e. The molecular weight excluding hydrogens is 345 g/mol. The minimum atomic E-state index is -0.291. The van der Waals surface area contributed by atoms with Gasteiger partial charge in [-0.25, -0.2) is 9.18 Å². The number of nitrogens with zero attached hydrogens (tertiary/aromatic N) is 1. The Morgan fingerprint density at radius 3 is 2.74 bits per heavy atom. The van der Waals surface area contributed by atoms with E-state index in [1.807, 2.05) is 18.2 Å². The number of carbonyl (C=O) groups is 2. The van der Waals surface area contributed by atoms with Gasteiger partial charge in [0.15, 0.2) is 0 Å². The smallest absolute Gasteiger partial charge is 0.322 e. The standard InChI is InChI=1S/C21H24FN3O2/c1-23-20(26)13-15-6-4-9-18(12-15)24-21(27)25-11-3-2-10-19(25)16-7-5-8-17(22)14-16/h4-9,12,14,19H,2-3,10-11,13H2,1H3,(H,23,26)(H,24,27)/t19-/m0/s1. The SMILES string of the molecule is CNC(=O)Cc1cccc(NC(=O)N2CCCC[C@H]2c2cccc(F)c2)c1. The fraction of sp³-hybridized carbons (Fsp3) is 0.333. The number of hydrogen-bond donors (Lipinski definition) is 2. The van der Waals surface area contributed by atoms with Crippen LogP contribution in [0.2, 0.25) is 0 Å². The minimum absolute atomic E-state index is 0.0827. The Morgan fingerprint density at radius 1 is 1.15 bits per heavy atom. The van der Waals surface area contributed by atoms with Crippen LogP contribution in [0.25, 0.3) is 0 Å². The number of likely N-dealkylation sites (N-methyl/N-ethyl adjacent to an activating group) is 1. The lowest BCUT2D eigenvalue weighted by Gasteiger charge is -2.36. The molecular formula is C21H24FN3O2. The summed E-state index contributed by atoms with van der Waals surface area (Å²) in [6.07, 6.45) is 3.01. The Bertz CT molecular complexity index is 825. The zero-order valence-electron chi connectivity index (χ0n) is 15.4. The molecule has 0 radical (unpaired) electrons. The van der Waals surface area contributed by atoms with Gasteiger partial charge >= 0.3 is 6.03 Å². The molecule has 3 amide bonds. The van der Waals surface area contributed by atoms with Crippen molar-refractivity contribution in [1.82, 2.24) is 10.2 Å². The van der Waals surface area contributed by atoms with Gasteiger partial charge in [-0.05, 0) is 54.7 Å². The van der Waals surface area contributed by atoms with Crippen molar-refractivity contribution in [2.45, 2.75) is 31.7 Å². The van der Waals surface area contributed by atoms with Gasteiger partial charge in [-0.2, -0.15) is 0 Å². The maximum absolute atomic E-state index is 13.6. The Hall–Kier alpha value is -2.89. The van der Waals surface area contributed by atoms with Gasteiger partial charge in [0.25, 0.3) is 0 Å². The Labute approximate surface area is 158 Å². The summed E-state index contributed by atoms with van der Waals surface area (Å²) in [4.78, 5) is 26.2. The first kappa shape index (κ1) is 18.9. The first-order valence-corrected chi connectivity index (χ1v) is 9.19. The number of hydrogen-bond acceptors (Lipinski definition) is 2. The number of carbonyl (C=O) groups excluding carboxylic acids is 2. The highest BCUT2D eigenvalue weighted by atomic mass is 19.1. The number of piperidine rings is 1. The van der Waals surface area contributed by atoms with Crippen molar-refractivity contribution in [3.63, 3.8) is 0 Å². The van der Waals surface area contributed by atoms with Crippen LogP contribution in [0.4, 0.5) is 14.9 Å². The van der Waals surface area contributed by atoms with Crippen LogP contribution in [0.3, 0.4) is 0 Å². The van der Waals surface area contributed by atoms with Crippen molar-refractivity contribution in [1.29, 1.82) is 0 Å². The number of rotatable bonds is 4. The van der Waals surface area contributed by atoms with Crippen molar-refractivity contribution in [2.24, 2.45) is 0 Å². The van der Waals surface area contributed by atoms with Crippen molar-refractivity contribution in [3.05, 3.63) is 65.5 Å². The summed E-state index contributed by atoms with van der Waals surface area (Å²) < 4.78 is 13.6. The van der Waals surface area contributed by atoms with Crippen LogP contribution < -0.4 is 10.6 Å². The third-order valence-corrected chi connectivity index (χ3v) is 4.82. The molecule has 27 heavy (non-hydrogen) atoms. The van der Waals surface area contributed by atoms with Crippen LogP contribution in [0, 0.1) is 5.82 Å². The van der Waals surface area contributed by atoms with E-state index < -0.39 is 0 Å². The topological polar surface area (TPSA) is 61.4 Å². The van der Waals surface area contributed by atoms with Crippen LogP contribution in [-0.2, 0) is 11.2 Å². The second-order valence-electron chi connectivity index (χ2n) is 6.74. The van der Waals surface area contributed by atoms with E-state index in [4.69, 9.17) is 0 Å². The molecule has 0 bridgehead atoms. The highest BCUT2D eigenvalue weighted by Crippen LogP contribution is 2.31. The second-order valence-corrected chi connectivity index (χ2v) is 6.74. The van der Waals surface area contributed by atoms with Gasteiger partial charge in [0.1, 0.15) is 5.82 Å². The molecule has 142 valence electrons. The number of anilines is 1. The largest absolute Gasteiger partial charge is 0.359 e. The normalized spacial score (nSPS) is 16.7. The summed E-state index contributed by atoms with van der Waals surface area (Å²) in [5, 5.41) is 5.51. The third-order valence-electron chi connectivity index (χ3n) is 4.82. The zero-order valence-corrected chi connectivity index (χ0v) is 15.4. The molecule has 2 aromatic rings. The van der Waals surface area contributed by atoms with Crippen LogP contribution in [-0.4, -0.2) is 30.4 Å². The molecule has 0 spiro atoms. The maximum atomic E-state index is 13.6. The molecule has 1 heterocycles. The number of amides is 3. The van der Waals surface area contributed by atoms with Crippen molar-refractivity contribution < 1.29 is 14.0 Å². The summed E-state index contributed by atoms with van der Waals surface area (Å²) in [7, 11) is 1.59. The van der Waals surface area contributed by atoms with E-state index in [9.17, 15) is 14.0 Å². The van der Waals surface area contributed by atoms with E-state index in [2.05, 4.69) is 10.6 Å². The molecule has 3 rings (SSSR count). The van der Waals surface area contributed by atoms with E-state index >= 15 is 0 Å². The van der Waals surface area contributed by atoms with Gasteiger partial charge in [0.05, 0.1) is 12.5 Å². The number of benzene rings is 2. The third kappa shape index (κ3) is 4.84. The molecule has 1 atom stereocenters. The molecule has 1 aliphatic rings. The molecule has 5 nitrogen and oxygen atoms in total. The lowest BCUT2D eigenvalue weighted by Crippen LogP contribution is -2.41. The molecule has 2 aromatic carbocycles. The van der Waals surface area contributed by atoms with Crippen molar-refractivity contribution in [3.8, 4) is 0 Å². The average Bonchev–Trinajstić information content (AvgIpc) is 2.68. The van der Waals surface area contributed by atoms with E-state index in [1.165, 1.54) is 12.1 Å². The van der Waals surface area contributed by atoms with Crippen LogP contribution >= 0.6 is 0 Å². The molecule has 0 saturated carbocycles. The van der Waals surface area contributed by atoms with E-state index in [-0.39, 0.29) is 30.2 Å². The van der Waals surface area contributed by atoms with Gasteiger partial charge < -0.3 is 15.5 Å². The van der Waals surface area contributed by atoms with Gasteiger partial charge in [-0.3, -0.25) is 4.79 Å². The monoisotopic (exact) mass is 369 g/mol. The zero-order chi connectivity index (χ0) is 19.2. The van der Waals surface area contributed by atoms with Crippen molar-refractivity contribution in [2.75, 3.05) is 18.9 Å². The molecule has 0 aromatic heterocycles. The lowest BCUT2D eigenvalue weighted by atomic mass is 9.95. The first-order valence-electron chi connectivity index (χ1n) is 9.19. The number of halogens is 1. The summed E-state index contributed by atoms with van der Waals surface area (Å²) in [6, 6.07) is 13.4. The second kappa shape index (κ2) is 8.66. The molecule has 0 aliphatic carbocycles. The van der Waals surface area contributed by atoms with Crippen molar-refractivity contribution >= 4 is 17.6 Å². The lowest BCUT2D eigenvalue weighted by molar-refractivity contribution is -0.119. The molecule has 0 unspecified atom stereocenters.